The Bertz CT molecular complexity index is 409. The van der Waals surface area contributed by atoms with E-state index in [-0.39, 0.29) is 0 Å². The van der Waals surface area contributed by atoms with Crippen LogP contribution in [0.15, 0.2) is 35.9 Å². The summed E-state index contributed by atoms with van der Waals surface area (Å²) in [6, 6.07) is 9.12. The molecule has 1 aliphatic heterocycles. The van der Waals surface area contributed by atoms with Crippen molar-refractivity contribution in [1.82, 2.24) is 5.32 Å². The van der Waals surface area contributed by atoms with Gasteiger partial charge < -0.3 is 10.2 Å². The van der Waals surface area contributed by atoms with Crippen LogP contribution in [0.2, 0.25) is 0 Å². The molecule has 0 spiro atoms. The van der Waals surface area contributed by atoms with Gasteiger partial charge in [0.15, 0.2) is 0 Å². The highest BCUT2D eigenvalue weighted by atomic mass is 15.1. The number of para-hydroxylation sites is 1. The van der Waals surface area contributed by atoms with Crippen molar-refractivity contribution in [1.29, 1.82) is 0 Å². The normalized spacial score (nSPS) is 17.8. The quantitative estimate of drug-likeness (QED) is 0.803. The molecule has 1 aromatic carbocycles. The molecule has 2 heteroatoms. The van der Waals surface area contributed by atoms with Crippen molar-refractivity contribution in [2.75, 3.05) is 25.0 Å². The molecule has 1 unspecified atom stereocenters. The molecule has 0 aromatic heterocycles. The number of nitrogens with zero attached hydrogens (tertiary/aromatic N) is 1. The van der Waals surface area contributed by atoms with E-state index in [4.69, 9.17) is 0 Å². The monoisotopic (exact) mass is 230 g/mol. The van der Waals surface area contributed by atoms with Crippen LogP contribution in [0.25, 0.3) is 0 Å². The highest BCUT2D eigenvalue weighted by Gasteiger charge is 2.16. The van der Waals surface area contributed by atoms with Gasteiger partial charge >= 0.3 is 0 Å². The third-order valence-corrected chi connectivity index (χ3v) is 3.51. The smallest absolute Gasteiger partial charge is 0.0417 e. The van der Waals surface area contributed by atoms with Crippen LogP contribution in [0.3, 0.4) is 0 Å². The Labute approximate surface area is 104 Å². The van der Waals surface area contributed by atoms with Crippen molar-refractivity contribution < 1.29 is 0 Å². The molecule has 0 aliphatic carbocycles. The molecule has 1 aliphatic rings. The molecule has 0 bridgehead atoms. The lowest BCUT2D eigenvalue weighted by Crippen LogP contribution is -2.30. The van der Waals surface area contributed by atoms with Crippen LogP contribution in [0, 0.1) is 0 Å². The van der Waals surface area contributed by atoms with Gasteiger partial charge in [-0.15, -0.1) is 0 Å². The largest absolute Gasteiger partial charge is 0.367 e. The van der Waals surface area contributed by atoms with Crippen LogP contribution in [0.1, 0.15) is 31.9 Å². The summed E-state index contributed by atoms with van der Waals surface area (Å²) in [4.78, 5) is 2.48. The molecule has 0 saturated heterocycles. The Hall–Kier alpha value is -1.28. The molecule has 0 amide bonds. The maximum Gasteiger partial charge on any atom is 0.0417 e. The van der Waals surface area contributed by atoms with E-state index in [2.05, 4.69) is 54.4 Å². The van der Waals surface area contributed by atoms with Gasteiger partial charge in [-0.05, 0) is 38.9 Å². The second kappa shape index (κ2) is 5.37. The first kappa shape index (κ1) is 12.2. The minimum Gasteiger partial charge on any atom is -0.367 e. The lowest BCUT2D eigenvalue weighted by molar-refractivity contribution is 0.646. The molecule has 1 aromatic rings. The van der Waals surface area contributed by atoms with E-state index in [0.29, 0.717) is 6.04 Å². The third kappa shape index (κ3) is 2.70. The predicted molar refractivity (Wildman–Crippen MR) is 74.5 cm³/mol. The first-order valence-electron chi connectivity index (χ1n) is 6.39. The second-order valence-corrected chi connectivity index (χ2v) is 4.83. The molecular formula is C15H22N2. The van der Waals surface area contributed by atoms with Gasteiger partial charge in [0.05, 0.1) is 0 Å². The van der Waals surface area contributed by atoms with Crippen molar-refractivity contribution in [2.24, 2.45) is 0 Å². The fraction of sp³-hybridized carbons (Fsp3) is 0.467. The fourth-order valence-corrected chi connectivity index (χ4v) is 2.41. The molecular weight excluding hydrogens is 208 g/mol. The molecule has 0 fully saturated rings. The molecule has 2 rings (SSSR count). The topological polar surface area (TPSA) is 15.3 Å². The highest BCUT2D eigenvalue weighted by molar-refractivity contribution is 5.56. The maximum absolute atomic E-state index is 3.33. The van der Waals surface area contributed by atoms with E-state index in [1.54, 1.807) is 0 Å². The summed E-state index contributed by atoms with van der Waals surface area (Å²) in [6.45, 7) is 6.62. The lowest BCUT2D eigenvalue weighted by Gasteiger charge is -2.31. The van der Waals surface area contributed by atoms with Crippen LogP contribution in [-0.4, -0.2) is 20.1 Å². The molecule has 92 valence electrons. The van der Waals surface area contributed by atoms with Crippen LogP contribution in [0.4, 0.5) is 5.69 Å². The number of rotatable bonds is 3. The minimum atomic E-state index is 0.400. The van der Waals surface area contributed by atoms with Gasteiger partial charge in [0.1, 0.15) is 0 Å². The molecule has 0 radical (unpaired) electrons. The predicted octanol–water partition coefficient (Wildman–Crippen LogP) is 3.12. The van der Waals surface area contributed by atoms with Crippen LogP contribution >= 0.6 is 0 Å². The van der Waals surface area contributed by atoms with Crippen molar-refractivity contribution in [3.63, 3.8) is 0 Å². The third-order valence-electron chi connectivity index (χ3n) is 3.51. The van der Waals surface area contributed by atoms with Gasteiger partial charge in [0, 0.05) is 24.8 Å². The average Bonchev–Trinajstić information content (AvgIpc) is 2.38. The zero-order valence-corrected chi connectivity index (χ0v) is 11.0. The van der Waals surface area contributed by atoms with Gasteiger partial charge in [-0.2, -0.15) is 0 Å². The van der Waals surface area contributed by atoms with Crippen molar-refractivity contribution in [2.45, 2.75) is 26.3 Å². The van der Waals surface area contributed by atoms with Crippen molar-refractivity contribution in [3.8, 4) is 0 Å². The van der Waals surface area contributed by atoms with Gasteiger partial charge in [-0.25, -0.2) is 0 Å². The van der Waals surface area contributed by atoms with Gasteiger partial charge in [0.25, 0.3) is 0 Å². The SMILES string of the molecule is CNC(C)c1ccccc1N1CCC=C(C)C1. The fourth-order valence-electron chi connectivity index (χ4n) is 2.41. The summed E-state index contributed by atoms with van der Waals surface area (Å²) in [5.41, 5.74) is 4.25. The molecule has 17 heavy (non-hydrogen) atoms. The summed E-state index contributed by atoms with van der Waals surface area (Å²) in [5, 5.41) is 3.33. The summed E-state index contributed by atoms with van der Waals surface area (Å²) >= 11 is 0. The van der Waals surface area contributed by atoms with E-state index in [9.17, 15) is 0 Å². The zero-order chi connectivity index (χ0) is 12.3. The summed E-state index contributed by atoms with van der Waals surface area (Å²) in [6.07, 6.45) is 3.51. The number of hydrogen-bond donors (Lipinski definition) is 1. The van der Waals surface area contributed by atoms with Crippen molar-refractivity contribution in [3.05, 3.63) is 41.5 Å². The van der Waals surface area contributed by atoms with Gasteiger partial charge in [-0.3, -0.25) is 0 Å². The number of hydrogen-bond acceptors (Lipinski definition) is 2. The molecule has 2 nitrogen and oxygen atoms in total. The van der Waals surface area contributed by atoms with Gasteiger partial charge in [-0.1, -0.05) is 29.8 Å². The standard InChI is InChI=1S/C15H22N2/c1-12-7-6-10-17(11-12)15-9-5-4-8-14(15)13(2)16-3/h4-5,7-9,13,16H,6,10-11H2,1-3H3. The Morgan fingerprint density at radius 3 is 2.76 bits per heavy atom. The molecule has 0 saturated carbocycles. The Morgan fingerprint density at radius 1 is 1.29 bits per heavy atom. The minimum absolute atomic E-state index is 0.400. The van der Waals surface area contributed by atoms with E-state index >= 15 is 0 Å². The van der Waals surface area contributed by atoms with Crippen LogP contribution in [-0.2, 0) is 0 Å². The number of nitrogens with one attached hydrogen (secondary N) is 1. The first-order chi connectivity index (χ1) is 8.22. The van der Waals surface area contributed by atoms with Gasteiger partial charge in [0.2, 0.25) is 0 Å². The zero-order valence-electron chi connectivity index (χ0n) is 11.0. The number of anilines is 1. The Morgan fingerprint density at radius 2 is 2.06 bits per heavy atom. The Balaban J connectivity index is 2.28. The van der Waals surface area contributed by atoms with E-state index < -0.39 is 0 Å². The van der Waals surface area contributed by atoms with E-state index in [1.165, 1.54) is 16.8 Å². The average molecular weight is 230 g/mol. The Kier molecular flexibility index (Phi) is 3.85. The lowest BCUT2D eigenvalue weighted by atomic mass is 10.0. The molecule has 1 N–H and O–H groups in total. The number of benzene rings is 1. The summed E-state index contributed by atoms with van der Waals surface area (Å²) in [7, 11) is 2.02. The summed E-state index contributed by atoms with van der Waals surface area (Å²) < 4.78 is 0. The molecule has 1 heterocycles. The first-order valence-corrected chi connectivity index (χ1v) is 6.39. The van der Waals surface area contributed by atoms with E-state index in [1.807, 2.05) is 7.05 Å². The maximum atomic E-state index is 3.33. The van der Waals surface area contributed by atoms with Crippen LogP contribution in [0.5, 0.6) is 0 Å². The van der Waals surface area contributed by atoms with E-state index in [0.717, 1.165) is 19.5 Å². The highest BCUT2D eigenvalue weighted by Crippen LogP contribution is 2.28. The summed E-state index contributed by atoms with van der Waals surface area (Å²) in [5.74, 6) is 0. The molecule has 1 atom stereocenters. The van der Waals surface area contributed by atoms with Crippen LogP contribution < -0.4 is 10.2 Å². The second-order valence-electron chi connectivity index (χ2n) is 4.83. The van der Waals surface area contributed by atoms with Crippen molar-refractivity contribution >= 4 is 5.69 Å².